The van der Waals surface area contributed by atoms with Crippen molar-refractivity contribution < 1.29 is 33.8 Å². The Bertz CT molecular complexity index is 1590. The fourth-order valence-electron chi connectivity index (χ4n) is 7.17. The molecule has 4 amide bonds. The summed E-state index contributed by atoms with van der Waals surface area (Å²) in [6, 6.07) is 5.95. The van der Waals surface area contributed by atoms with Crippen LogP contribution >= 0.6 is 11.3 Å². The molecule has 13 nitrogen and oxygen atoms in total. The summed E-state index contributed by atoms with van der Waals surface area (Å²) >= 11 is 1.58. The van der Waals surface area contributed by atoms with Crippen molar-refractivity contribution in [3.05, 3.63) is 41.0 Å². The molecule has 0 unspecified atom stereocenters. The second kappa shape index (κ2) is 16.8. The average molecular weight is 755 g/mol. The largest absolute Gasteiger partial charge is 0.444 e. The minimum Gasteiger partial charge on any atom is -0.444 e. The lowest BCUT2D eigenvalue weighted by Crippen LogP contribution is -2.59. The van der Waals surface area contributed by atoms with E-state index in [1.807, 2.05) is 85.2 Å². The Morgan fingerprint density at radius 3 is 2.23 bits per heavy atom. The summed E-state index contributed by atoms with van der Waals surface area (Å²) in [6.07, 6.45) is 2.12. The molecule has 2 aliphatic heterocycles. The van der Waals surface area contributed by atoms with Crippen LogP contribution in [-0.4, -0.2) is 112 Å². The molecule has 5 rings (SSSR count). The smallest absolute Gasteiger partial charge is 0.407 e. The Balaban J connectivity index is 1.09. The predicted molar refractivity (Wildman–Crippen MR) is 203 cm³/mol. The number of carbonyl (C=O) groups is 4. The molecule has 3 heterocycles. The number of benzene rings is 1. The Kier molecular flexibility index (Phi) is 12.9. The highest BCUT2D eigenvalue weighted by molar-refractivity contribution is 7.13. The topological polar surface area (TPSA) is 162 Å². The molecule has 1 aliphatic carbocycles. The average Bonchev–Trinajstić information content (AvgIpc) is 3.67. The predicted octanol–water partition coefficient (Wildman–Crippen LogP) is 4.33. The number of aliphatic hydroxyl groups excluding tert-OH is 1. The van der Waals surface area contributed by atoms with E-state index in [-0.39, 0.29) is 61.5 Å². The van der Waals surface area contributed by atoms with E-state index in [1.54, 1.807) is 11.3 Å². The van der Waals surface area contributed by atoms with Gasteiger partial charge in [0.05, 0.1) is 47.0 Å². The van der Waals surface area contributed by atoms with Crippen molar-refractivity contribution >= 4 is 35.2 Å². The molecule has 0 spiro atoms. The van der Waals surface area contributed by atoms with E-state index in [1.165, 1.54) is 4.90 Å². The van der Waals surface area contributed by atoms with E-state index >= 15 is 0 Å². The second-order valence-electron chi connectivity index (χ2n) is 16.9. The van der Waals surface area contributed by atoms with E-state index in [0.717, 1.165) is 47.4 Å². The number of hydrogen-bond donors (Lipinski definition) is 4. The zero-order chi connectivity index (χ0) is 38.7. The number of carbonyl (C=O) groups excluding carboxylic acids is 4. The number of nitrogens with one attached hydrogen (secondary N) is 3. The number of amides is 4. The maximum atomic E-state index is 14.1. The lowest BCUT2D eigenvalue weighted by molar-refractivity contribution is -0.144. The number of piperidine rings is 1. The van der Waals surface area contributed by atoms with Crippen LogP contribution in [0.15, 0.2) is 29.8 Å². The molecule has 0 radical (unpaired) electrons. The van der Waals surface area contributed by atoms with Crippen LogP contribution in [0.3, 0.4) is 0 Å². The molecule has 1 saturated carbocycles. The van der Waals surface area contributed by atoms with Crippen LogP contribution in [-0.2, 0) is 23.9 Å². The van der Waals surface area contributed by atoms with E-state index in [0.29, 0.717) is 13.1 Å². The number of rotatable bonds is 11. The van der Waals surface area contributed by atoms with Gasteiger partial charge in [0.1, 0.15) is 17.7 Å². The summed E-state index contributed by atoms with van der Waals surface area (Å²) in [5.74, 6) is -0.990. The molecule has 1 aromatic carbocycles. The van der Waals surface area contributed by atoms with Gasteiger partial charge in [0, 0.05) is 32.1 Å². The Morgan fingerprint density at radius 1 is 0.981 bits per heavy atom. The van der Waals surface area contributed by atoms with Gasteiger partial charge in [-0.15, -0.1) is 11.3 Å². The lowest BCUT2D eigenvalue weighted by atomic mass is 9.85. The first kappa shape index (κ1) is 40.6. The van der Waals surface area contributed by atoms with Gasteiger partial charge in [0.2, 0.25) is 17.7 Å². The summed E-state index contributed by atoms with van der Waals surface area (Å²) in [5.41, 5.74) is 3.59. The van der Waals surface area contributed by atoms with Gasteiger partial charge in [-0.05, 0) is 76.8 Å². The van der Waals surface area contributed by atoms with Gasteiger partial charge in [-0.3, -0.25) is 19.3 Å². The highest BCUT2D eigenvalue weighted by Gasteiger charge is 2.45. The summed E-state index contributed by atoms with van der Waals surface area (Å²) < 4.78 is 11.6. The molecule has 2 aromatic rings. The minimum atomic E-state index is -0.891. The number of nitrogens with zero attached hydrogens (tertiary/aromatic N) is 3. The Hall–Kier alpha value is -3.59. The van der Waals surface area contributed by atoms with Crippen LogP contribution in [0, 0.1) is 12.3 Å². The van der Waals surface area contributed by atoms with Crippen LogP contribution in [0.25, 0.3) is 10.4 Å². The van der Waals surface area contributed by atoms with Crippen LogP contribution in [0.5, 0.6) is 0 Å². The number of aryl methyl sites for hydroxylation is 1. The lowest BCUT2D eigenvalue weighted by Gasteiger charge is -2.40. The van der Waals surface area contributed by atoms with Gasteiger partial charge in [-0.1, -0.05) is 45.0 Å². The zero-order valence-corrected chi connectivity index (χ0v) is 33.3. The maximum absolute atomic E-state index is 14.1. The van der Waals surface area contributed by atoms with Crippen molar-refractivity contribution in [3.8, 4) is 10.4 Å². The van der Waals surface area contributed by atoms with Gasteiger partial charge in [-0.25, -0.2) is 9.78 Å². The highest BCUT2D eigenvalue weighted by atomic mass is 32.1. The number of aliphatic hydroxyl groups is 1. The first-order valence-corrected chi connectivity index (χ1v) is 19.7. The summed E-state index contributed by atoms with van der Waals surface area (Å²) in [7, 11) is 0. The zero-order valence-electron chi connectivity index (χ0n) is 32.4. The first-order chi connectivity index (χ1) is 24.9. The summed E-state index contributed by atoms with van der Waals surface area (Å²) in [6.45, 7) is 16.6. The number of ether oxygens (including phenoxy) is 2. The van der Waals surface area contributed by atoms with Crippen LogP contribution in [0.2, 0.25) is 0 Å². The molecule has 3 aliphatic rings. The quantitative estimate of drug-likeness (QED) is 0.262. The molecule has 53 heavy (non-hydrogen) atoms. The third kappa shape index (κ3) is 11.0. The maximum Gasteiger partial charge on any atom is 0.407 e. The van der Waals surface area contributed by atoms with E-state index in [9.17, 15) is 24.3 Å². The van der Waals surface area contributed by atoms with Gasteiger partial charge in [0.15, 0.2) is 0 Å². The fraction of sp³-hybridized carbons (Fsp3) is 0.667. The Labute approximate surface area is 317 Å². The van der Waals surface area contributed by atoms with E-state index < -0.39 is 35.3 Å². The van der Waals surface area contributed by atoms with Crippen molar-refractivity contribution in [1.82, 2.24) is 30.7 Å². The second-order valence-corrected chi connectivity index (χ2v) is 17.8. The Morgan fingerprint density at radius 2 is 1.64 bits per heavy atom. The molecule has 14 heteroatoms. The molecule has 3 fully saturated rings. The monoisotopic (exact) mass is 754 g/mol. The molecule has 4 N–H and O–H groups in total. The number of hydrogen-bond acceptors (Lipinski definition) is 10. The summed E-state index contributed by atoms with van der Waals surface area (Å²) in [5, 5.41) is 19.5. The number of β-amino-alcohol motifs (C(OH)–C–C–N with tert-alkyl or cyclic N) is 1. The minimum absolute atomic E-state index is 0.0168. The van der Waals surface area contributed by atoms with Crippen LogP contribution in [0.4, 0.5) is 4.79 Å². The third-order valence-corrected chi connectivity index (χ3v) is 11.1. The van der Waals surface area contributed by atoms with Crippen LogP contribution < -0.4 is 16.0 Å². The van der Waals surface area contributed by atoms with Crippen molar-refractivity contribution in [2.24, 2.45) is 5.41 Å². The third-order valence-electron chi connectivity index (χ3n) is 10.2. The number of aromatic nitrogens is 1. The summed E-state index contributed by atoms with van der Waals surface area (Å²) in [4.78, 5) is 62.0. The first-order valence-electron chi connectivity index (χ1n) is 18.8. The fourth-order valence-corrected chi connectivity index (χ4v) is 7.98. The standard InChI is InChI=1S/C39H58N6O7S/c1-23(25-9-11-26(12-10-25)33-24(2)40-22-53-33)41-35(48)31-19-28(46)20-45(31)36(49)34(38(3,4)5)43-32(47)21-44-15-13-29(14-16-44)51-30-17-27(18-30)42-37(50)52-39(6,7)8/h9-12,22-23,27-31,34,46H,13-21H2,1-8H3,(H,41,48)(H,42,50)(H,43,47)/t23-,27-,28+,30-,31-,34+/m0/s1. The van der Waals surface area contributed by atoms with E-state index in [2.05, 4.69) is 25.8 Å². The molecular weight excluding hydrogens is 697 g/mol. The van der Waals surface area contributed by atoms with Crippen molar-refractivity contribution in [2.45, 2.75) is 136 Å². The van der Waals surface area contributed by atoms with Crippen LogP contribution in [0.1, 0.15) is 97.9 Å². The number of thiazole rings is 1. The van der Waals surface area contributed by atoms with Gasteiger partial charge in [-0.2, -0.15) is 0 Å². The molecule has 1 aromatic heterocycles. The van der Waals surface area contributed by atoms with Gasteiger partial charge >= 0.3 is 6.09 Å². The molecule has 292 valence electrons. The number of alkyl carbamates (subject to hydrolysis) is 1. The normalized spacial score (nSPS) is 23.8. The van der Waals surface area contributed by atoms with E-state index in [4.69, 9.17) is 9.47 Å². The van der Waals surface area contributed by atoms with Gasteiger partial charge < -0.3 is 35.4 Å². The highest BCUT2D eigenvalue weighted by Crippen LogP contribution is 2.31. The molecule has 0 bridgehead atoms. The van der Waals surface area contributed by atoms with Crippen molar-refractivity contribution in [1.29, 1.82) is 0 Å². The van der Waals surface area contributed by atoms with Crippen molar-refractivity contribution in [2.75, 3.05) is 26.2 Å². The molecular formula is C39H58N6O7S. The number of likely N-dealkylation sites (tertiary alicyclic amines) is 2. The van der Waals surface area contributed by atoms with Gasteiger partial charge in [0.25, 0.3) is 0 Å². The van der Waals surface area contributed by atoms with Crippen molar-refractivity contribution in [3.63, 3.8) is 0 Å². The SMILES string of the molecule is Cc1ncsc1-c1ccc([C@H](C)NC(=O)[C@@H]2C[C@@H](O)CN2C(=O)[C@@H](NC(=O)CN2CCC(O[C@H]3C[C@H](NC(=O)OC(C)(C)C)C3)CC2)C(C)(C)C)cc1. The molecule has 4 atom stereocenters. The molecule has 2 saturated heterocycles.